The van der Waals surface area contributed by atoms with Crippen LogP contribution in [0.25, 0.3) is 0 Å². The first-order valence-corrected chi connectivity index (χ1v) is 10.6. The Morgan fingerprint density at radius 3 is 2.56 bits per heavy atom. The van der Waals surface area contributed by atoms with Crippen molar-refractivity contribution >= 4 is 64.2 Å². The summed E-state index contributed by atoms with van der Waals surface area (Å²) in [5.41, 5.74) is 3.82. The molecule has 0 saturated carbocycles. The van der Waals surface area contributed by atoms with Crippen molar-refractivity contribution in [2.24, 2.45) is 5.92 Å². The molecule has 11 heteroatoms. The zero-order chi connectivity index (χ0) is 23.4. The third-order valence-corrected chi connectivity index (χ3v) is 5.91. The summed E-state index contributed by atoms with van der Waals surface area (Å²) >= 11 is 17.7. The van der Waals surface area contributed by atoms with E-state index in [-0.39, 0.29) is 28.6 Å². The molecule has 0 aliphatic carbocycles. The minimum atomic E-state index is -0.822. The zero-order valence-corrected chi connectivity index (χ0v) is 19.1. The Hall–Kier alpha value is -2.81. The second kappa shape index (κ2) is 10.2. The predicted octanol–water partition coefficient (Wildman–Crippen LogP) is 3.63. The van der Waals surface area contributed by atoms with Gasteiger partial charge < -0.3 is 10.1 Å². The minimum absolute atomic E-state index is 0.0836. The number of amides is 3. The number of carbonyl (C=O) groups excluding carboxylic acids is 4. The number of benzene rings is 2. The van der Waals surface area contributed by atoms with Crippen molar-refractivity contribution in [3.05, 3.63) is 62.6 Å². The van der Waals surface area contributed by atoms with Crippen LogP contribution in [0, 0.1) is 12.8 Å². The highest BCUT2D eigenvalue weighted by Crippen LogP contribution is 2.24. The smallest absolute Gasteiger partial charge is 0.311 e. The van der Waals surface area contributed by atoms with Gasteiger partial charge in [-0.3, -0.25) is 29.6 Å². The standard InChI is InChI=1S/C21H18Cl3N3O5/c1-11-14(22)3-2-4-17(11)25-18(28)10-32-21(31)13-8-19(29)27(9-13)26-20(30)12-5-6-15(23)16(24)7-12/h2-7,13H,8-10H2,1H3,(H,25,28)(H,26,30)/t13-/m0/s1. The monoisotopic (exact) mass is 497 g/mol. The molecule has 8 nitrogen and oxygen atoms in total. The van der Waals surface area contributed by atoms with Crippen LogP contribution in [0.1, 0.15) is 22.3 Å². The lowest BCUT2D eigenvalue weighted by Gasteiger charge is -2.17. The summed E-state index contributed by atoms with van der Waals surface area (Å²) in [5, 5.41) is 4.62. The Balaban J connectivity index is 1.51. The van der Waals surface area contributed by atoms with E-state index in [4.69, 9.17) is 39.5 Å². The summed E-state index contributed by atoms with van der Waals surface area (Å²) in [7, 11) is 0. The van der Waals surface area contributed by atoms with E-state index in [2.05, 4.69) is 10.7 Å². The van der Waals surface area contributed by atoms with Crippen LogP contribution in [-0.2, 0) is 19.1 Å². The molecule has 1 aliphatic rings. The summed E-state index contributed by atoms with van der Waals surface area (Å²) < 4.78 is 5.04. The Morgan fingerprint density at radius 1 is 1.09 bits per heavy atom. The lowest BCUT2D eigenvalue weighted by Crippen LogP contribution is -2.43. The normalized spacial score (nSPS) is 15.4. The molecule has 0 radical (unpaired) electrons. The van der Waals surface area contributed by atoms with Crippen LogP contribution in [-0.4, -0.2) is 41.9 Å². The van der Waals surface area contributed by atoms with E-state index in [0.717, 1.165) is 5.01 Å². The lowest BCUT2D eigenvalue weighted by atomic mass is 10.1. The number of hydrogen-bond acceptors (Lipinski definition) is 5. The molecule has 3 rings (SSSR count). The number of hydrogen-bond donors (Lipinski definition) is 2. The second-order valence-corrected chi connectivity index (χ2v) is 8.27. The maximum Gasteiger partial charge on any atom is 0.311 e. The molecule has 3 amide bonds. The third-order valence-electron chi connectivity index (χ3n) is 4.76. The molecular weight excluding hydrogens is 481 g/mol. The molecule has 32 heavy (non-hydrogen) atoms. The molecule has 2 aromatic rings. The molecule has 0 aromatic heterocycles. The van der Waals surface area contributed by atoms with E-state index in [1.165, 1.54) is 18.2 Å². The first-order chi connectivity index (χ1) is 15.2. The highest BCUT2D eigenvalue weighted by atomic mass is 35.5. The molecule has 1 fully saturated rings. The fourth-order valence-corrected chi connectivity index (χ4v) is 3.45. The number of hydrazine groups is 1. The van der Waals surface area contributed by atoms with E-state index in [1.54, 1.807) is 25.1 Å². The fourth-order valence-electron chi connectivity index (χ4n) is 2.98. The van der Waals surface area contributed by atoms with Crippen LogP contribution in [0.3, 0.4) is 0 Å². The van der Waals surface area contributed by atoms with Gasteiger partial charge in [-0.1, -0.05) is 40.9 Å². The number of carbonyl (C=O) groups is 4. The van der Waals surface area contributed by atoms with Gasteiger partial charge in [0.05, 0.1) is 22.5 Å². The number of anilines is 1. The molecule has 0 unspecified atom stereocenters. The van der Waals surface area contributed by atoms with Gasteiger partial charge in [-0.25, -0.2) is 0 Å². The number of rotatable bonds is 6. The molecule has 1 heterocycles. The summed E-state index contributed by atoms with van der Waals surface area (Å²) in [6.07, 6.45) is -0.157. The SMILES string of the molecule is Cc1c(Cl)cccc1NC(=O)COC(=O)[C@H]1CC(=O)N(NC(=O)c2ccc(Cl)c(Cl)c2)C1. The molecule has 1 atom stereocenters. The van der Waals surface area contributed by atoms with Crippen molar-refractivity contribution in [2.75, 3.05) is 18.5 Å². The second-order valence-electron chi connectivity index (χ2n) is 7.04. The minimum Gasteiger partial charge on any atom is -0.455 e. The predicted molar refractivity (Wildman–Crippen MR) is 120 cm³/mol. The van der Waals surface area contributed by atoms with Crippen LogP contribution in [0.2, 0.25) is 15.1 Å². The van der Waals surface area contributed by atoms with Gasteiger partial charge in [-0.15, -0.1) is 0 Å². The van der Waals surface area contributed by atoms with Crippen LogP contribution < -0.4 is 10.7 Å². The van der Waals surface area contributed by atoms with Gasteiger partial charge in [0.15, 0.2) is 6.61 Å². The van der Waals surface area contributed by atoms with E-state index in [0.29, 0.717) is 16.3 Å². The lowest BCUT2D eigenvalue weighted by molar-refractivity contribution is -0.151. The van der Waals surface area contributed by atoms with Crippen LogP contribution in [0.5, 0.6) is 0 Å². The fraction of sp³-hybridized carbons (Fsp3) is 0.238. The number of ether oxygens (including phenoxy) is 1. The molecule has 2 N–H and O–H groups in total. The highest BCUT2D eigenvalue weighted by molar-refractivity contribution is 6.42. The van der Waals surface area contributed by atoms with Crippen molar-refractivity contribution < 1.29 is 23.9 Å². The van der Waals surface area contributed by atoms with Gasteiger partial charge in [-0.2, -0.15) is 0 Å². The van der Waals surface area contributed by atoms with Gasteiger partial charge in [-0.05, 0) is 42.8 Å². The largest absolute Gasteiger partial charge is 0.455 e. The first kappa shape index (κ1) is 23.8. The van der Waals surface area contributed by atoms with Crippen molar-refractivity contribution in [2.45, 2.75) is 13.3 Å². The van der Waals surface area contributed by atoms with Crippen LogP contribution in [0.4, 0.5) is 5.69 Å². The average molecular weight is 499 g/mol. The van der Waals surface area contributed by atoms with Crippen LogP contribution >= 0.6 is 34.8 Å². The first-order valence-electron chi connectivity index (χ1n) is 9.43. The Labute approximate surface area is 198 Å². The molecular formula is C21H18Cl3N3O5. The van der Waals surface area contributed by atoms with Crippen molar-refractivity contribution in [3.63, 3.8) is 0 Å². The average Bonchev–Trinajstić information content (AvgIpc) is 3.12. The number of halogens is 3. The molecule has 1 aliphatic heterocycles. The summed E-state index contributed by atoms with van der Waals surface area (Å²) in [6, 6.07) is 9.32. The quantitative estimate of drug-likeness (QED) is 0.592. The van der Waals surface area contributed by atoms with Gasteiger partial charge in [0.2, 0.25) is 5.91 Å². The van der Waals surface area contributed by atoms with E-state index in [1.807, 2.05) is 0 Å². The highest BCUT2D eigenvalue weighted by Gasteiger charge is 2.36. The van der Waals surface area contributed by atoms with E-state index in [9.17, 15) is 19.2 Å². The number of nitrogens with one attached hydrogen (secondary N) is 2. The van der Waals surface area contributed by atoms with Crippen molar-refractivity contribution in [1.82, 2.24) is 10.4 Å². The summed E-state index contributed by atoms with van der Waals surface area (Å²) in [6.45, 7) is 1.14. The topological polar surface area (TPSA) is 105 Å². The van der Waals surface area contributed by atoms with Gasteiger partial charge in [0, 0.05) is 22.7 Å². The molecule has 168 valence electrons. The van der Waals surface area contributed by atoms with Crippen molar-refractivity contribution in [1.29, 1.82) is 0 Å². The van der Waals surface area contributed by atoms with Gasteiger partial charge >= 0.3 is 5.97 Å². The molecule has 2 aromatic carbocycles. The van der Waals surface area contributed by atoms with E-state index < -0.39 is 36.2 Å². The maximum atomic E-state index is 12.3. The Morgan fingerprint density at radius 2 is 1.84 bits per heavy atom. The molecule has 0 bridgehead atoms. The van der Waals surface area contributed by atoms with Gasteiger partial charge in [0.1, 0.15) is 0 Å². The Bertz CT molecular complexity index is 1090. The number of esters is 1. The van der Waals surface area contributed by atoms with Gasteiger partial charge in [0.25, 0.3) is 11.8 Å². The maximum absolute atomic E-state index is 12.3. The summed E-state index contributed by atoms with van der Waals surface area (Å²) in [4.78, 5) is 48.9. The third kappa shape index (κ3) is 5.70. The Kier molecular flexibility index (Phi) is 7.60. The molecule has 1 saturated heterocycles. The summed E-state index contributed by atoms with van der Waals surface area (Å²) in [5.74, 6) is -3.13. The zero-order valence-electron chi connectivity index (χ0n) is 16.8. The van der Waals surface area contributed by atoms with Crippen molar-refractivity contribution in [3.8, 4) is 0 Å². The molecule has 0 spiro atoms. The van der Waals surface area contributed by atoms with Crippen LogP contribution in [0.15, 0.2) is 36.4 Å². The number of nitrogens with zero attached hydrogens (tertiary/aromatic N) is 1. The van der Waals surface area contributed by atoms with E-state index >= 15 is 0 Å².